The lowest BCUT2D eigenvalue weighted by atomic mass is 10.0. The maximum Gasteiger partial charge on any atom is 0.231 e. The minimum absolute atomic E-state index is 0.0663. The minimum atomic E-state index is 0.0663. The molecule has 7 nitrogen and oxygen atoms in total. The molecule has 2 aromatic rings. The Morgan fingerprint density at radius 2 is 1.97 bits per heavy atom. The summed E-state index contributed by atoms with van der Waals surface area (Å²) in [7, 11) is 3.32. The second-order valence-corrected chi connectivity index (χ2v) is 8.00. The average molecular weight is 487 g/mol. The number of hydrogen-bond donors (Lipinski definition) is 1. The second kappa shape index (κ2) is 10.3. The summed E-state index contributed by atoms with van der Waals surface area (Å²) in [5, 5.41) is 5.40. The van der Waals surface area contributed by atoms with Gasteiger partial charge in [0.25, 0.3) is 0 Å². The number of nitrogens with zero attached hydrogens (tertiary/aromatic N) is 2. The molecule has 0 atom stereocenters. The monoisotopic (exact) mass is 485 g/mol. The molecule has 0 saturated heterocycles. The predicted octanol–water partition coefficient (Wildman–Crippen LogP) is 5.24. The number of carbonyl (C=O) groups excluding carboxylic acids is 1. The zero-order valence-electron chi connectivity index (χ0n) is 17.3. The van der Waals surface area contributed by atoms with E-state index in [-0.39, 0.29) is 12.7 Å². The van der Waals surface area contributed by atoms with Crippen molar-refractivity contribution in [2.75, 3.05) is 32.9 Å². The van der Waals surface area contributed by atoms with Crippen LogP contribution in [0.1, 0.15) is 24.5 Å². The number of nitrogens with one attached hydrogen (secondary N) is 1. The van der Waals surface area contributed by atoms with Crippen LogP contribution in [0, 0.1) is 0 Å². The zero-order chi connectivity index (χ0) is 22.5. The number of hydrogen-bond acceptors (Lipinski definition) is 6. The molecule has 0 aliphatic carbocycles. The van der Waals surface area contributed by atoms with Gasteiger partial charge in [0.05, 0.1) is 29.1 Å². The van der Waals surface area contributed by atoms with E-state index in [1.807, 2.05) is 13.0 Å². The third-order valence-electron chi connectivity index (χ3n) is 4.77. The van der Waals surface area contributed by atoms with Crippen molar-refractivity contribution < 1.29 is 19.0 Å². The summed E-state index contributed by atoms with van der Waals surface area (Å²) >= 11 is 18.4. The van der Waals surface area contributed by atoms with Crippen LogP contribution in [0.5, 0.6) is 17.2 Å². The molecule has 0 saturated carbocycles. The largest absolute Gasteiger partial charge is 0.492 e. The lowest BCUT2D eigenvalue weighted by Crippen LogP contribution is -2.28. The summed E-state index contributed by atoms with van der Waals surface area (Å²) in [6.07, 6.45) is 2.61. The normalized spacial score (nSPS) is 12.3. The number of benzene rings is 2. The summed E-state index contributed by atoms with van der Waals surface area (Å²) in [6.45, 7) is 2.46. The first-order chi connectivity index (χ1) is 14.8. The Hall–Kier alpha value is -2.35. The Labute approximate surface area is 195 Å². The lowest BCUT2D eigenvalue weighted by Gasteiger charge is -2.18. The van der Waals surface area contributed by atoms with Crippen molar-refractivity contribution in [2.24, 2.45) is 5.10 Å². The second-order valence-electron chi connectivity index (χ2n) is 6.75. The van der Waals surface area contributed by atoms with Crippen LogP contribution in [0.2, 0.25) is 15.1 Å². The van der Waals surface area contributed by atoms with E-state index in [2.05, 4.69) is 10.5 Å². The van der Waals surface area contributed by atoms with Crippen molar-refractivity contribution in [3.05, 3.63) is 44.4 Å². The summed E-state index contributed by atoms with van der Waals surface area (Å²) in [5.74, 6) is 1.66. The van der Waals surface area contributed by atoms with E-state index >= 15 is 0 Å². The van der Waals surface area contributed by atoms with Crippen LogP contribution >= 0.6 is 34.8 Å². The van der Waals surface area contributed by atoms with Gasteiger partial charge in [-0.25, -0.2) is 0 Å². The Morgan fingerprint density at radius 3 is 2.61 bits per heavy atom. The van der Waals surface area contributed by atoms with E-state index in [4.69, 9.17) is 49.0 Å². The molecule has 166 valence electrons. The van der Waals surface area contributed by atoms with Crippen molar-refractivity contribution in [3.8, 4) is 17.2 Å². The molecule has 0 fully saturated rings. The number of likely N-dealkylation sites (N-methyl/N-ethyl adjacent to an activating group) is 1. The molecule has 31 heavy (non-hydrogen) atoms. The van der Waals surface area contributed by atoms with Crippen LogP contribution in [-0.4, -0.2) is 44.5 Å². The number of anilines is 1. The number of halogens is 3. The number of fused-ring (bicyclic) bond motifs is 1. The third kappa shape index (κ3) is 5.29. The Bertz CT molecular complexity index is 991. The highest BCUT2D eigenvalue weighted by molar-refractivity contribution is 6.41. The van der Waals surface area contributed by atoms with Gasteiger partial charge in [-0.05, 0) is 30.2 Å². The highest BCUT2D eigenvalue weighted by Gasteiger charge is 2.25. The fourth-order valence-corrected chi connectivity index (χ4v) is 4.02. The van der Waals surface area contributed by atoms with Crippen molar-refractivity contribution in [1.29, 1.82) is 0 Å². The molecule has 0 unspecified atom stereocenters. The van der Waals surface area contributed by atoms with Crippen LogP contribution in [-0.2, 0) is 11.2 Å². The van der Waals surface area contributed by atoms with E-state index in [1.54, 1.807) is 37.4 Å². The number of amides is 1. The highest BCUT2D eigenvalue weighted by atomic mass is 35.5. The average Bonchev–Trinajstić information content (AvgIpc) is 3.20. The van der Waals surface area contributed by atoms with Crippen molar-refractivity contribution >= 4 is 52.6 Å². The molecule has 0 bridgehead atoms. The predicted molar refractivity (Wildman–Crippen MR) is 123 cm³/mol. The SMILES string of the molecule is CCC(=O)N(C)CCc1cc2c(c(OC)c1C=NNc1c(Cl)cc(Cl)cc1Cl)OCO2. The molecule has 3 rings (SSSR count). The number of hydrazone groups is 1. The summed E-state index contributed by atoms with van der Waals surface area (Å²) < 4.78 is 16.7. The fourth-order valence-electron chi connectivity index (χ4n) is 3.12. The maximum atomic E-state index is 11.9. The summed E-state index contributed by atoms with van der Waals surface area (Å²) in [6, 6.07) is 5.01. The van der Waals surface area contributed by atoms with Gasteiger partial charge >= 0.3 is 0 Å². The maximum absolute atomic E-state index is 11.9. The van der Waals surface area contributed by atoms with Crippen LogP contribution in [0.3, 0.4) is 0 Å². The topological polar surface area (TPSA) is 72.4 Å². The highest BCUT2D eigenvalue weighted by Crippen LogP contribution is 2.44. The molecule has 1 aliphatic heterocycles. The first-order valence-corrected chi connectivity index (χ1v) is 10.7. The number of ether oxygens (including phenoxy) is 3. The number of carbonyl (C=O) groups is 1. The molecule has 1 amide bonds. The van der Waals surface area contributed by atoms with Crippen LogP contribution in [0.15, 0.2) is 23.3 Å². The first kappa shape index (κ1) is 23.3. The number of rotatable bonds is 8. The molecule has 1 aliphatic rings. The fraction of sp³-hybridized carbons (Fsp3) is 0.333. The quantitative estimate of drug-likeness (QED) is 0.408. The Balaban J connectivity index is 1.92. The van der Waals surface area contributed by atoms with E-state index in [9.17, 15) is 4.79 Å². The van der Waals surface area contributed by atoms with Gasteiger partial charge in [-0.1, -0.05) is 41.7 Å². The van der Waals surface area contributed by atoms with Gasteiger partial charge in [0, 0.05) is 30.6 Å². The van der Waals surface area contributed by atoms with Crippen molar-refractivity contribution in [3.63, 3.8) is 0 Å². The molecule has 1 heterocycles. The Morgan fingerprint density at radius 1 is 1.26 bits per heavy atom. The zero-order valence-corrected chi connectivity index (χ0v) is 19.6. The van der Waals surface area contributed by atoms with Gasteiger partial charge in [-0.3, -0.25) is 10.2 Å². The molecule has 10 heteroatoms. The molecular weight excluding hydrogens is 465 g/mol. The summed E-state index contributed by atoms with van der Waals surface area (Å²) in [5.41, 5.74) is 4.86. The molecule has 2 aromatic carbocycles. The first-order valence-electron chi connectivity index (χ1n) is 9.52. The molecule has 0 spiro atoms. The van der Waals surface area contributed by atoms with Gasteiger partial charge in [0.1, 0.15) is 0 Å². The number of methoxy groups -OCH3 is 1. The minimum Gasteiger partial charge on any atom is -0.492 e. The van der Waals surface area contributed by atoms with E-state index in [1.165, 1.54) is 0 Å². The van der Waals surface area contributed by atoms with Gasteiger partial charge in [0.15, 0.2) is 11.5 Å². The van der Waals surface area contributed by atoms with E-state index in [0.717, 1.165) is 5.56 Å². The smallest absolute Gasteiger partial charge is 0.231 e. The van der Waals surface area contributed by atoms with Gasteiger partial charge in [-0.2, -0.15) is 5.10 Å². The standard InChI is InChI=1S/C21H22Cl3N3O4/c1-4-18(28)27(2)6-5-12-7-17-21(31-11-30-17)20(29-3)14(12)10-25-26-19-15(23)8-13(22)9-16(19)24/h7-10,26H,4-6,11H2,1-3H3. The summed E-state index contributed by atoms with van der Waals surface area (Å²) in [4.78, 5) is 13.6. The lowest BCUT2D eigenvalue weighted by molar-refractivity contribution is -0.129. The van der Waals surface area contributed by atoms with Crippen molar-refractivity contribution in [1.82, 2.24) is 4.90 Å². The molecule has 1 N–H and O–H groups in total. The van der Waals surface area contributed by atoms with Crippen LogP contribution < -0.4 is 19.6 Å². The van der Waals surface area contributed by atoms with Crippen LogP contribution in [0.4, 0.5) is 5.69 Å². The van der Waals surface area contributed by atoms with Crippen molar-refractivity contribution in [2.45, 2.75) is 19.8 Å². The van der Waals surface area contributed by atoms with Gasteiger partial charge in [-0.15, -0.1) is 0 Å². The van der Waals surface area contributed by atoms with Gasteiger partial charge in [0.2, 0.25) is 18.4 Å². The van der Waals surface area contributed by atoms with E-state index in [0.29, 0.717) is 63.0 Å². The van der Waals surface area contributed by atoms with E-state index < -0.39 is 0 Å². The van der Waals surface area contributed by atoms with Gasteiger partial charge < -0.3 is 19.1 Å². The molecule has 0 radical (unpaired) electrons. The Kier molecular flexibility index (Phi) is 7.75. The molecular formula is C21H22Cl3N3O4. The van der Waals surface area contributed by atoms with Crippen LogP contribution in [0.25, 0.3) is 0 Å². The third-order valence-corrected chi connectivity index (χ3v) is 5.58. The molecule has 0 aromatic heterocycles.